The van der Waals surface area contributed by atoms with Gasteiger partial charge in [0.25, 0.3) is 5.91 Å². The van der Waals surface area contributed by atoms with Crippen LogP contribution in [-0.4, -0.2) is 42.4 Å². The number of hydrogen-bond acceptors (Lipinski definition) is 4. The number of nitrogens with one attached hydrogen (secondary N) is 1. The fourth-order valence-corrected chi connectivity index (χ4v) is 1.18. The van der Waals surface area contributed by atoms with Gasteiger partial charge in [0, 0.05) is 19.3 Å². The number of amides is 1. The molecule has 1 rings (SSSR count). The fraction of sp³-hybridized carbons (Fsp3) is 0.455. The Morgan fingerprint density at radius 1 is 1.47 bits per heavy atom. The van der Waals surface area contributed by atoms with Crippen LogP contribution in [0.5, 0.6) is 0 Å². The van der Waals surface area contributed by atoms with E-state index in [4.69, 9.17) is 9.84 Å². The number of rotatable bonds is 7. The van der Waals surface area contributed by atoms with Crippen molar-refractivity contribution in [3.8, 4) is 0 Å². The average molecular weight is 242 g/mol. The highest BCUT2D eigenvalue weighted by Gasteiger charge is 2.05. The van der Waals surface area contributed by atoms with Gasteiger partial charge in [0.2, 0.25) is 0 Å². The molecule has 0 atom stereocenters. The van der Waals surface area contributed by atoms with Crippen molar-refractivity contribution in [3.63, 3.8) is 0 Å². The van der Waals surface area contributed by atoms with Crippen LogP contribution >= 0.6 is 0 Å². The van der Waals surface area contributed by atoms with Gasteiger partial charge in [-0.05, 0) is 12.5 Å². The Morgan fingerprint density at radius 3 is 3.00 bits per heavy atom. The minimum atomic E-state index is -0.538. The van der Waals surface area contributed by atoms with E-state index in [-0.39, 0.29) is 18.1 Å². The molecule has 94 valence electrons. The van der Waals surface area contributed by atoms with Gasteiger partial charge >= 0.3 is 0 Å². The smallest absolute Gasteiger partial charge is 0.252 e. The van der Waals surface area contributed by atoms with Gasteiger partial charge in [-0.1, -0.05) is 0 Å². The molecule has 0 aromatic carbocycles. The van der Waals surface area contributed by atoms with E-state index < -0.39 is 5.82 Å². The molecule has 0 aliphatic heterocycles. The topological polar surface area (TPSA) is 71.5 Å². The van der Waals surface area contributed by atoms with Gasteiger partial charge in [-0.3, -0.25) is 9.78 Å². The Balaban J connectivity index is 2.21. The molecule has 0 saturated carbocycles. The van der Waals surface area contributed by atoms with E-state index in [1.54, 1.807) is 0 Å². The number of hydrogen-bond donors (Lipinski definition) is 2. The summed E-state index contributed by atoms with van der Waals surface area (Å²) in [4.78, 5) is 15.1. The summed E-state index contributed by atoms with van der Waals surface area (Å²) in [7, 11) is 0. The summed E-state index contributed by atoms with van der Waals surface area (Å²) in [6, 6.07) is 1.13. The van der Waals surface area contributed by atoms with E-state index in [1.165, 1.54) is 6.20 Å². The predicted octanol–water partition coefficient (Wildman–Crippen LogP) is 0.349. The molecule has 0 fully saturated rings. The molecule has 0 unspecified atom stereocenters. The summed E-state index contributed by atoms with van der Waals surface area (Å²) in [6.45, 7) is 1.17. The van der Waals surface area contributed by atoms with Crippen LogP contribution in [0, 0.1) is 5.82 Å². The second-order valence-electron chi connectivity index (χ2n) is 3.34. The van der Waals surface area contributed by atoms with Crippen molar-refractivity contribution in [2.75, 3.05) is 26.4 Å². The number of aliphatic hydroxyl groups excluding tert-OH is 1. The molecule has 0 aliphatic carbocycles. The zero-order chi connectivity index (χ0) is 12.5. The average Bonchev–Trinajstić information content (AvgIpc) is 2.33. The third-order valence-corrected chi connectivity index (χ3v) is 1.95. The van der Waals surface area contributed by atoms with E-state index in [1.807, 2.05) is 0 Å². The highest BCUT2D eigenvalue weighted by molar-refractivity contribution is 5.93. The second kappa shape index (κ2) is 7.70. The molecular formula is C11H15FN2O3. The largest absolute Gasteiger partial charge is 0.394 e. The second-order valence-corrected chi connectivity index (χ2v) is 3.34. The van der Waals surface area contributed by atoms with Crippen LogP contribution in [0.15, 0.2) is 18.5 Å². The minimum absolute atomic E-state index is 0.0126. The molecule has 6 heteroatoms. The van der Waals surface area contributed by atoms with Crippen LogP contribution in [0.3, 0.4) is 0 Å². The number of ether oxygens (including phenoxy) is 1. The number of aromatic nitrogens is 1. The van der Waals surface area contributed by atoms with Gasteiger partial charge in [0.1, 0.15) is 5.82 Å². The minimum Gasteiger partial charge on any atom is -0.394 e. The lowest BCUT2D eigenvalue weighted by atomic mass is 10.2. The molecule has 0 bridgehead atoms. The first kappa shape index (κ1) is 13.5. The molecule has 0 aliphatic rings. The van der Waals surface area contributed by atoms with E-state index in [0.29, 0.717) is 26.2 Å². The van der Waals surface area contributed by atoms with Crippen molar-refractivity contribution in [2.24, 2.45) is 0 Å². The molecule has 1 amide bonds. The van der Waals surface area contributed by atoms with Crippen LogP contribution in [0.25, 0.3) is 0 Å². The van der Waals surface area contributed by atoms with E-state index in [0.717, 1.165) is 12.3 Å². The predicted molar refractivity (Wildman–Crippen MR) is 59.1 cm³/mol. The normalized spacial score (nSPS) is 10.2. The van der Waals surface area contributed by atoms with Gasteiger partial charge in [-0.2, -0.15) is 0 Å². The first-order chi connectivity index (χ1) is 8.24. The monoisotopic (exact) mass is 242 g/mol. The molecule has 0 spiro atoms. The lowest BCUT2D eigenvalue weighted by molar-refractivity contribution is 0.0867. The maximum atomic E-state index is 12.8. The zero-order valence-corrected chi connectivity index (χ0v) is 9.36. The molecule has 1 aromatic heterocycles. The Kier molecular flexibility index (Phi) is 6.13. The van der Waals surface area contributed by atoms with Crippen LogP contribution in [0.4, 0.5) is 4.39 Å². The molecule has 1 heterocycles. The van der Waals surface area contributed by atoms with Crippen molar-refractivity contribution >= 4 is 5.91 Å². The van der Waals surface area contributed by atoms with Gasteiger partial charge in [0.15, 0.2) is 0 Å². The summed E-state index contributed by atoms with van der Waals surface area (Å²) in [5.41, 5.74) is 0.196. The third kappa shape index (κ3) is 5.37. The fourth-order valence-electron chi connectivity index (χ4n) is 1.18. The van der Waals surface area contributed by atoms with Gasteiger partial charge in [-0.25, -0.2) is 4.39 Å². The Bertz CT molecular complexity index is 360. The van der Waals surface area contributed by atoms with Gasteiger partial charge in [0.05, 0.1) is 25.0 Å². The number of carbonyl (C=O) groups is 1. The van der Waals surface area contributed by atoms with Crippen molar-refractivity contribution in [1.82, 2.24) is 10.3 Å². The quantitative estimate of drug-likeness (QED) is 0.677. The summed E-state index contributed by atoms with van der Waals surface area (Å²) in [5.74, 6) is -0.900. The lowest BCUT2D eigenvalue weighted by Gasteiger charge is -2.05. The first-order valence-corrected chi connectivity index (χ1v) is 5.31. The highest BCUT2D eigenvalue weighted by atomic mass is 19.1. The third-order valence-electron chi connectivity index (χ3n) is 1.95. The Labute approximate surface area is 98.6 Å². The summed E-state index contributed by atoms with van der Waals surface area (Å²) < 4.78 is 17.8. The van der Waals surface area contributed by atoms with E-state index in [2.05, 4.69) is 10.3 Å². The van der Waals surface area contributed by atoms with Crippen LogP contribution in [0.2, 0.25) is 0 Å². The summed E-state index contributed by atoms with van der Waals surface area (Å²) in [6.07, 6.45) is 2.98. The molecular weight excluding hydrogens is 227 g/mol. The number of aliphatic hydroxyl groups is 1. The number of carbonyl (C=O) groups excluding carboxylic acids is 1. The molecule has 17 heavy (non-hydrogen) atoms. The number of nitrogens with zero attached hydrogens (tertiary/aromatic N) is 1. The summed E-state index contributed by atoms with van der Waals surface area (Å²) >= 11 is 0. The van der Waals surface area contributed by atoms with Crippen molar-refractivity contribution < 1.29 is 19.0 Å². The van der Waals surface area contributed by atoms with Crippen LogP contribution < -0.4 is 5.32 Å². The van der Waals surface area contributed by atoms with Crippen molar-refractivity contribution in [3.05, 3.63) is 29.8 Å². The molecule has 1 aromatic rings. The number of halogens is 1. The molecule has 0 saturated heterocycles. The van der Waals surface area contributed by atoms with E-state index >= 15 is 0 Å². The standard InChI is InChI=1S/C11H15FN2O3/c12-10-6-9(7-13-8-10)11(16)14-2-1-4-17-5-3-15/h6-8,15H,1-5H2,(H,14,16). The molecule has 0 radical (unpaired) electrons. The lowest BCUT2D eigenvalue weighted by Crippen LogP contribution is -2.25. The van der Waals surface area contributed by atoms with E-state index in [9.17, 15) is 9.18 Å². The number of pyridine rings is 1. The van der Waals surface area contributed by atoms with Gasteiger partial charge in [-0.15, -0.1) is 0 Å². The van der Waals surface area contributed by atoms with Crippen molar-refractivity contribution in [2.45, 2.75) is 6.42 Å². The van der Waals surface area contributed by atoms with Crippen LogP contribution in [0.1, 0.15) is 16.8 Å². The molecule has 2 N–H and O–H groups in total. The zero-order valence-electron chi connectivity index (χ0n) is 9.36. The summed E-state index contributed by atoms with van der Waals surface area (Å²) in [5, 5.41) is 11.1. The Morgan fingerprint density at radius 2 is 2.29 bits per heavy atom. The highest BCUT2D eigenvalue weighted by Crippen LogP contribution is 2.00. The molecule has 5 nitrogen and oxygen atoms in total. The maximum absolute atomic E-state index is 12.8. The maximum Gasteiger partial charge on any atom is 0.252 e. The van der Waals surface area contributed by atoms with Crippen molar-refractivity contribution in [1.29, 1.82) is 0 Å². The van der Waals surface area contributed by atoms with Crippen LogP contribution in [-0.2, 0) is 4.74 Å². The van der Waals surface area contributed by atoms with Gasteiger partial charge < -0.3 is 15.2 Å². The SMILES string of the molecule is O=C(NCCCOCCO)c1cncc(F)c1. The Hall–Kier alpha value is -1.53. The first-order valence-electron chi connectivity index (χ1n) is 5.31.